The van der Waals surface area contributed by atoms with Gasteiger partial charge in [-0.25, -0.2) is 9.97 Å². The maximum absolute atomic E-state index is 5.41. The van der Waals surface area contributed by atoms with Crippen molar-refractivity contribution in [2.24, 2.45) is 0 Å². The lowest BCUT2D eigenvalue weighted by molar-refractivity contribution is 0.244. The molecule has 6 heteroatoms. The number of H-pyrrole nitrogens is 1. The van der Waals surface area contributed by atoms with Crippen LogP contribution in [0.15, 0.2) is 53.4 Å². The minimum atomic E-state index is 0.663. The molecule has 0 spiro atoms. The lowest BCUT2D eigenvalue weighted by atomic mass is 10.1. The van der Waals surface area contributed by atoms with Crippen LogP contribution in [0.4, 0.5) is 0 Å². The molecule has 0 radical (unpaired) electrons. The van der Waals surface area contributed by atoms with Crippen LogP contribution in [-0.2, 0) is 19.5 Å². The second-order valence-electron chi connectivity index (χ2n) is 6.83. The molecule has 0 saturated carbocycles. The quantitative estimate of drug-likeness (QED) is 0.600. The van der Waals surface area contributed by atoms with Crippen molar-refractivity contribution in [2.45, 2.75) is 19.5 Å². The van der Waals surface area contributed by atoms with Crippen LogP contribution in [-0.4, -0.2) is 33.5 Å². The van der Waals surface area contributed by atoms with Crippen molar-refractivity contribution < 1.29 is 9.15 Å². The summed E-state index contributed by atoms with van der Waals surface area (Å²) in [6, 6.07) is 9.89. The zero-order valence-electron chi connectivity index (χ0n) is 15.1. The van der Waals surface area contributed by atoms with Crippen LogP contribution in [0.1, 0.15) is 16.8 Å². The number of ether oxygens (including phenoxy) is 1. The number of aromatic nitrogens is 3. The Bertz CT molecular complexity index is 1080. The molecule has 0 aliphatic carbocycles. The van der Waals surface area contributed by atoms with E-state index in [0.29, 0.717) is 11.6 Å². The first kappa shape index (κ1) is 16.1. The Hall–Kier alpha value is -3.12. The highest BCUT2D eigenvalue weighted by Crippen LogP contribution is 2.27. The smallest absolute Gasteiger partial charge is 0.195 e. The average molecular weight is 360 g/mol. The number of aromatic amines is 1. The Morgan fingerprint density at radius 2 is 2.26 bits per heavy atom. The Morgan fingerprint density at radius 1 is 1.30 bits per heavy atom. The fourth-order valence-corrected chi connectivity index (χ4v) is 3.69. The molecule has 0 saturated heterocycles. The van der Waals surface area contributed by atoms with Crippen LogP contribution in [0.2, 0.25) is 0 Å². The number of nitrogens with one attached hydrogen (secondary N) is 1. The zero-order valence-corrected chi connectivity index (χ0v) is 15.1. The van der Waals surface area contributed by atoms with Gasteiger partial charge in [0, 0.05) is 54.9 Å². The van der Waals surface area contributed by atoms with Gasteiger partial charge in [-0.05, 0) is 35.9 Å². The molecule has 27 heavy (non-hydrogen) atoms. The zero-order chi connectivity index (χ0) is 18.2. The molecule has 0 atom stereocenters. The number of furan rings is 1. The summed E-state index contributed by atoms with van der Waals surface area (Å²) >= 11 is 0. The molecule has 0 amide bonds. The summed E-state index contributed by atoms with van der Waals surface area (Å²) < 4.78 is 10.8. The van der Waals surface area contributed by atoms with Crippen molar-refractivity contribution in [3.63, 3.8) is 0 Å². The highest BCUT2D eigenvalue weighted by atomic mass is 16.5. The van der Waals surface area contributed by atoms with E-state index in [-0.39, 0.29) is 0 Å². The van der Waals surface area contributed by atoms with Gasteiger partial charge >= 0.3 is 0 Å². The van der Waals surface area contributed by atoms with E-state index in [9.17, 15) is 0 Å². The molecular formula is C21H20N4O2. The molecule has 1 N–H and O–H groups in total. The Labute approximate surface area is 156 Å². The Morgan fingerprint density at radius 3 is 3.11 bits per heavy atom. The second kappa shape index (κ2) is 6.55. The number of rotatable bonds is 4. The van der Waals surface area contributed by atoms with Crippen molar-refractivity contribution in [1.29, 1.82) is 0 Å². The number of fused-ring (bicyclic) bond motifs is 2. The van der Waals surface area contributed by atoms with Crippen LogP contribution < -0.4 is 4.74 Å². The predicted octanol–water partition coefficient (Wildman–Crippen LogP) is 3.78. The topological polar surface area (TPSA) is 67.2 Å². The Balaban J connectivity index is 1.37. The van der Waals surface area contributed by atoms with Crippen molar-refractivity contribution in [2.75, 3.05) is 13.7 Å². The highest BCUT2D eigenvalue weighted by molar-refractivity contribution is 5.84. The summed E-state index contributed by atoms with van der Waals surface area (Å²) in [5.41, 5.74) is 4.72. The van der Waals surface area contributed by atoms with Crippen LogP contribution in [0.3, 0.4) is 0 Å². The second-order valence-corrected chi connectivity index (χ2v) is 6.83. The highest BCUT2D eigenvalue weighted by Gasteiger charge is 2.20. The third-order valence-corrected chi connectivity index (χ3v) is 5.12. The van der Waals surface area contributed by atoms with E-state index in [4.69, 9.17) is 14.1 Å². The van der Waals surface area contributed by atoms with E-state index in [0.717, 1.165) is 43.0 Å². The molecule has 4 heterocycles. The van der Waals surface area contributed by atoms with E-state index in [1.165, 1.54) is 16.5 Å². The van der Waals surface area contributed by atoms with Gasteiger partial charge in [0.1, 0.15) is 5.75 Å². The van der Waals surface area contributed by atoms with Gasteiger partial charge in [0.2, 0.25) is 0 Å². The molecule has 1 aliphatic rings. The van der Waals surface area contributed by atoms with E-state index >= 15 is 0 Å². The first-order chi connectivity index (χ1) is 13.3. The maximum atomic E-state index is 5.41. The average Bonchev–Trinajstić information content (AvgIpc) is 3.38. The molecule has 4 aromatic rings. The third-order valence-electron chi connectivity index (χ3n) is 5.12. The lowest BCUT2D eigenvalue weighted by Crippen LogP contribution is -2.30. The van der Waals surface area contributed by atoms with Crippen LogP contribution in [0.25, 0.3) is 22.5 Å². The molecule has 3 aromatic heterocycles. The van der Waals surface area contributed by atoms with Crippen molar-refractivity contribution in [3.05, 3.63) is 65.8 Å². The fourth-order valence-electron chi connectivity index (χ4n) is 3.69. The van der Waals surface area contributed by atoms with Gasteiger partial charge in [-0.3, -0.25) is 4.90 Å². The number of methoxy groups -OCH3 is 1. The molecule has 0 bridgehead atoms. The molecule has 136 valence electrons. The number of benzene rings is 1. The van der Waals surface area contributed by atoms with Crippen molar-refractivity contribution in [3.8, 4) is 17.3 Å². The molecule has 1 aliphatic heterocycles. The molecule has 0 fully saturated rings. The van der Waals surface area contributed by atoms with Gasteiger partial charge in [-0.1, -0.05) is 0 Å². The summed E-state index contributed by atoms with van der Waals surface area (Å²) in [5, 5.41) is 1.21. The summed E-state index contributed by atoms with van der Waals surface area (Å²) in [6.45, 7) is 2.70. The summed E-state index contributed by atoms with van der Waals surface area (Å²) in [6.07, 6.45) is 6.59. The predicted molar refractivity (Wildman–Crippen MR) is 102 cm³/mol. The number of hydrogen-bond donors (Lipinski definition) is 1. The normalized spacial score (nSPS) is 14.4. The molecular weight excluding hydrogens is 340 g/mol. The van der Waals surface area contributed by atoms with Gasteiger partial charge in [0.25, 0.3) is 0 Å². The van der Waals surface area contributed by atoms with E-state index in [2.05, 4.69) is 33.2 Å². The number of hydrogen-bond acceptors (Lipinski definition) is 5. The molecule has 6 nitrogen and oxygen atoms in total. The number of nitrogens with zero attached hydrogens (tertiary/aromatic N) is 3. The van der Waals surface area contributed by atoms with E-state index < -0.39 is 0 Å². The van der Waals surface area contributed by atoms with E-state index in [1.807, 2.05) is 24.4 Å². The lowest BCUT2D eigenvalue weighted by Gasteiger charge is -2.27. The van der Waals surface area contributed by atoms with Crippen LogP contribution >= 0.6 is 0 Å². The first-order valence-electron chi connectivity index (χ1n) is 9.05. The van der Waals surface area contributed by atoms with Crippen LogP contribution in [0, 0.1) is 0 Å². The first-order valence-corrected chi connectivity index (χ1v) is 9.05. The van der Waals surface area contributed by atoms with Crippen molar-refractivity contribution in [1.82, 2.24) is 19.9 Å². The van der Waals surface area contributed by atoms with E-state index in [1.54, 1.807) is 13.4 Å². The SMILES string of the molecule is COc1ccc2[nH]cc(CN3CCc4nc(-c5ccco5)ncc4C3)c2c1. The molecule has 0 unspecified atom stereocenters. The maximum Gasteiger partial charge on any atom is 0.195 e. The van der Waals surface area contributed by atoms with Crippen molar-refractivity contribution >= 4 is 10.9 Å². The summed E-state index contributed by atoms with van der Waals surface area (Å²) in [5.74, 6) is 2.26. The largest absolute Gasteiger partial charge is 0.497 e. The minimum absolute atomic E-state index is 0.663. The van der Waals surface area contributed by atoms with Gasteiger partial charge < -0.3 is 14.1 Å². The standard InChI is InChI=1S/C21H20N4O2/c1-26-16-4-5-19-17(9-16)14(10-22-19)12-25-7-6-18-15(13-25)11-23-21(24-18)20-3-2-8-27-20/h2-5,8-11,22H,6-7,12-13H2,1H3. The molecule has 1 aromatic carbocycles. The fraction of sp³-hybridized carbons (Fsp3) is 0.238. The monoisotopic (exact) mass is 360 g/mol. The van der Waals surface area contributed by atoms with Gasteiger partial charge in [0.15, 0.2) is 11.6 Å². The third kappa shape index (κ3) is 2.98. The van der Waals surface area contributed by atoms with Gasteiger partial charge in [0.05, 0.1) is 19.1 Å². The van der Waals surface area contributed by atoms with Gasteiger partial charge in [-0.15, -0.1) is 0 Å². The minimum Gasteiger partial charge on any atom is -0.497 e. The van der Waals surface area contributed by atoms with Crippen LogP contribution in [0.5, 0.6) is 5.75 Å². The van der Waals surface area contributed by atoms with Gasteiger partial charge in [-0.2, -0.15) is 0 Å². The Kier molecular flexibility index (Phi) is 3.90. The summed E-state index contributed by atoms with van der Waals surface area (Å²) in [4.78, 5) is 15.0. The molecule has 5 rings (SSSR count). The summed E-state index contributed by atoms with van der Waals surface area (Å²) in [7, 11) is 1.70.